The average molecular weight is 267 g/mol. The van der Waals surface area contributed by atoms with E-state index in [0.717, 1.165) is 5.56 Å². The second-order valence-electron chi connectivity index (χ2n) is 2.28. The molecule has 0 saturated carbocycles. The summed E-state index contributed by atoms with van der Waals surface area (Å²) in [5.41, 5.74) is 0.874. The van der Waals surface area contributed by atoms with Gasteiger partial charge in [0.2, 0.25) is 0 Å². The van der Waals surface area contributed by atoms with Gasteiger partial charge in [-0.3, -0.25) is 0 Å². The first-order valence-corrected chi connectivity index (χ1v) is 4.89. The van der Waals surface area contributed by atoms with Crippen LogP contribution in [-0.4, -0.2) is 19.2 Å². The molecule has 3 nitrogen and oxygen atoms in total. The highest BCUT2D eigenvalue weighted by Crippen LogP contribution is 2.30. The fourth-order valence-electron chi connectivity index (χ4n) is 0.882. The summed E-state index contributed by atoms with van der Waals surface area (Å²) in [5, 5.41) is 0. The van der Waals surface area contributed by atoms with Crippen molar-refractivity contribution in [2.75, 3.05) is 14.2 Å². The van der Waals surface area contributed by atoms with Crippen LogP contribution in [0, 0.1) is 0 Å². The quantitative estimate of drug-likeness (QED) is 0.622. The zero-order chi connectivity index (χ0) is 9.84. The number of hydrogen-bond donors (Lipinski definition) is 0. The van der Waals surface area contributed by atoms with E-state index in [4.69, 9.17) is 21.1 Å². The Balaban J connectivity index is 3.18. The van der Waals surface area contributed by atoms with Crippen LogP contribution in [0.3, 0.4) is 0 Å². The van der Waals surface area contributed by atoms with Crippen molar-refractivity contribution in [2.45, 2.75) is 5.88 Å². The second kappa shape index (κ2) is 4.67. The molecule has 1 heterocycles. The number of halogens is 2. The number of rotatable bonds is 3. The van der Waals surface area contributed by atoms with E-state index in [-0.39, 0.29) is 0 Å². The number of aromatic nitrogens is 1. The number of pyridine rings is 1. The lowest BCUT2D eigenvalue weighted by Gasteiger charge is -2.08. The maximum Gasteiger partial charge on any atom is 0.257 e. The molecule has 0 radical (unpaired) electrons. The molecule has 1 aromatic rings. The van der Waals surface area contributed by atoms with Gasteiger partial charge in [0.25, 0.3) is 5.88 Å². The van der Waals surface area contributed by atoms with Crippen molar-refractivity contribution in [2.24, 2.45) is 0 Å². The van der Waals surface area contributed by atoms with Crippen molar-refractivity contribution in [3.05, 3.63) is 16.2 Å². The third kappa shape index (κ3) is 2.25. The summed E-state index contributed by atoms with van der Waals surface area (Å²) in [4.78, 5) is 4.12. The van der Waals surface area contributed by atoms with Gasteiger partial charge < -0.3 is 9.47 Å². The summed E-state index contributed by atoms with van der Waals surface area (Å²) in [6.45, 7) is 0. The molecule has 5 heteroatoms. The molecule has 72 valence electrons. The molecule has 0 N–H and O–H groups in total. The summed E-state index contributed by atoms with van der Waals surface area (Å²) >= 11 is 8.97. The SMILES string of the molecule is COc1cc(CCl)c(Br)nc1OC. The van der Waals surface area contributed by atoms with Crippen LogP contribution in [0.25, 0.3) is 0 Å². The van der Waals surface area contributed by atoms with E-state index < -0.39 is 0 Å². The monoisotopic (exact) mass is 265 g/mol. The Hall–Kier alpha value is -0.480. The van der Waals surface area contributed by atoms with Crippen LogP contribution in [0.15, 0.2) is 10.7 Å². The van der Waals surface area contributed by atoms with Crippen molar-refractivity contribution in [1.82, 2.24) is 4.98 Å². The van der Waals surface area contributed by atoms with Gasteiger partial charge in [0.15, 0.2) is 5.75 Å². The minimum Gasteiger partial charge on any atom is -0.491 e. The van der Waals surface area contributed by atoms with Crippen molar-refractivity contribution in [1.29, 1.82) is 0 Å². The topological polar surface area (TPSA) is 31.4 Å². The average Bonchev–Trinajstić information content (AvgIpc) is 2.17. The van der Waals surface area contributed by atoms with Crippen molar-refractivity contribution in [3.8, 4) is 11.6 Å². The zero-order valence-electron chi connectivity index (χ0n) is 7.30. The van der Waals surface area contributed by atoms with E-state index in [2.05, 4.69) is 20.9 Å². The van der Waals surface area contributed by atoms with Crippen molar-refractivity contribution >= 4 is 27.5 Å². The second-order valence-corrected chi connectivity index (χ2v) is 3.30. The molecule has 0 aliphatic heterocycles. The molecule has 0 aromatic carbocycles. The summed E-state index contributed by atoms with van der Waals surface area (Å²) in [6, 6.07) is 1.79. The van der Waals surface area contributed by atoms with Crippen LogP contribution >= 0.6 is 27.5 Å². The fourth-order valence-corrected chi connectivity index (χ4v) is 1.66. The first-order chi connectivity index (χ1) is 6.22. The summed E-state index contributed by atoms with van der Waals surface area (Å²) in [6.07, 6.45) is 0. The van der Waals surface area contributed by atoms with Gasteiger partial charge in [-0.25, -0.2) is 4.98 Å². The van der Waals surface area contributed by atoms with Gasteiger partial charge in [-0.2, -0.15) is 0 Å². The maximum atomic E-state index is 5.69. The molecule has 0 aliphatic carbocycles. The molecule has 0 saturated heterocycles. The Morgan fingerprint density at radius 1 is 1.46 bits per heavy atom. The molecule has 1 rings (SSSR count). The minimum absolute atomic E-state index is 0.383. The first-order valence-electron chi connectivity index (χ1n) is 3.56. The maximum absolute atomic E-state index is 5.69. The van der Waals surface area contributed by atoms with E-state index in [1.807, 2.05) is 0 Å². The van der Waals surface area contributed by atoms with Crippen LogP contribution in [0.4, 0.5) is 0 Å². The van der Waals surface area contributed by atoms with Gasteiger partial charge in [-0.05, 0) is 22.0 Å². The van der Waals surface area contributed by atoms with Crippen molar-refractivity contribution in [3.63, 3.8) is 0 Å². The largest absolute Gasteiger partial charge is 0.491 e. The first kappa shape index (κ1) is 10.6. The number of nitrogens with zero attached hydrogens (tertiary/aromatic N) is 1. The molecule has 0 unspecified atom stereocenters. The van der Waals surface area contributed by atoms with E-state index >= 15 is 0 Å². The highest BCUT2D eigenvalue weighted by molar-refractivity contribution is 9.10. The van der Waals surface area contributed by atoms with E-state index in [1.54, 1.807) is 13.2 Å². The standard InChI is InChI=1S/C8H9BrClNO2/c1-12-6-3-5(4-10)7(9)11-8(6)13-2/h3H,4H2,1-2H3. The van der Waals surface area contributed by atoms with Crippen LogP contribution in [0.1, 0.15) is 5.56 Å². The number of methoxy groups -OCH3 is 2. The predicted molar refractivity (Wildman–Crippen MR) is 54.6 cm³/mol. The fraction of sp³-hybridized carbons (Fsp3) is 0.375. The van der Waals surface area contributed by atoms with Gasteiger partial charge in [-0.15, -0.1) is 11.6 Å². The number of ether oxygens (including phenoxy) is 2. The Bertz CT molecular complexity index is 306. The Kier molecular flexibility index (Phi) is 3.81. The highest BCUT2D eigenvalue weighted by Gasteiger charge is 2.09. The molecule has 0 atom stereocenters. The van der Waals surface area contributed by atoms with Crippen LogP contribution in [0.2, 0.25) is 0 Å². The lowest BCUT2D eigenvalue weighted by atomic mass is 10.3. The molecule has 0 spiro atoms. The van der Waals surface area contributed by atoms with Crippen LogP contribution in [0.5, 0.6) is 11.6 Å². The Labute approximate surface area is 90.1 Å². The Morgan fingerprint density at radius 3 is 2.62 bits per heavy atom. The van der Waals surface area contributed by atoms with Gasteiger partial charge in [0, 0.05) is 5.56 Å². The minimum atomic E-state index is 0.383. The highest BCUT2D eigenvalue weighted by atomic mass is 79.9. The lowest BCUT2D eigenvalue weighted by molar-refractivity contribution is 0.342. The zero-order valence-corrected chi connectivity index (χ0v) is 9.65. The molecule has 0 amide bonds. The Morgan fingerprint density at radius 2 is 2.15 bits per heavy atom. The van der Waals surface area contributed by atoms with Gasteiger partial charge in [-0.1, -0.05) is 0 Å². The molecule has 0 fully saturated rings. The molecule has 1 aromatic heterocycles. The normalized spacial score (nSPS) is 9.85. The molecular formula is C8H9BrClNO2. The van der Waals surface area contributed by atoms with Crippen LogP contribution < -0.4 is 9.47 Å². The number of alkyl halides is 1. The molecule has 13 heavy (non-hydrogen) atoms. The summed E-state index contributed by atoms with van der Waals surface area (Å²) in [7, 11) is 3.10. The summed E-state index contributed by atoms with van der Waals surface area (Å²) in [5.74, 6) is 1.41. The molecule has 0 bridgehead atoms. The van der Waals surface area contributed by atoms with Crippen LogP contribution in [-0.2, 0) is 5.88 Å². The predicted octanol–water partition coefficient (Wildman–Crippen LogP) is 2.60. The van der Waals surface area contributed by atoms with Gasteiger partial charge in [0.05, 0.1) is 20.1 Å². The van der Waals surface area contributed by atoms with Crippen molar-refractivity contribution < 1.29 is 9.47 Å². The lowest BCUT2D eigenvalue weighted by Crippen LogP contribution is -1.96. The third-order valence-corrected chi connectivity index (χ3v) is 2.51. The van der Waals surface area contributed by atoms with Gasteiger partial charge >= 0.3 is 0 Å². The summed E-state index contributed by atoms with van der Waals surface area (Å²) < 4.78 is 10.8. The van der Waals surface area contributed by atoms with Gasteiger partial charge in [0.1, 0.15) is 4.60 Å². The smallest absolute Gasteiger partial charge is 0.257 e. The number of hydrogen-bond acceptors (Lipinski definition) is 3. The third-order valence-electron chi connectivity index (χ3n) is 1.54. The molecule has 0 aliphatic rings. The molecular weight excluding hydrogens is 257 g/mol. The van der Waals surface area contributed by atoms with E-state index in [0.29, 0.717) is 22.1 Å². The van der Waals surface area contributed by atoms with E-state index in [1.165, 1.54) is 7.11 Å². The van der Waals surface area contributed by atoms with E-state index in [9.17, 15) is 0 Å².